The van der Waals surface area contributed by atoms with Crippen molar-refractivity contribution in [2.75, 3.05) is 19.0 Å². The van der Waals surface area contributed by atoms with Gasteiger partial charge in [-0.05, 0) is 36.8 Å². The number of rotatable bonds is 2. The van der Waals surface area contributed by atoms with Crippen molar-refractivity contribution in [2.45, 2.75) is 19.8 Å². The Morgan fingerprint density at radius 3 is 2.88 bits per heavy atom. The van der Waals surface area contributed by atoms with Gasteiger partial charge < -0.3 is 10.1 Å². The molecular formula is C19H20N4O. The maximum absolute atomic E-state index is 5.36. The normalized spacial score (nSPS) is 15.9. The van der Waals surface area contributed by atoms with Crippen LogP contribution < -0.4 is 10.1 Å². The summed E-state index contributed by atoms with van der Waals surface area (Å²) in [4.78, 5) is 0. The molecule has 1 aromatic heterocycles. The first-order valence-corrected chi connectivity index (χ1v) is 8.12. The van der Waals surface area contributed by atoms with E-state index in [0.717, 1.165) is 40.9 Å². The summed E-state index contributed by atoms with van der Waals surface area (Å²) in [6.45, 7) is 5.11. The summed E-state index contributed by atoms with van der Waals surface area (Å²) in [5.74, 6) is 2.90. The fourth-order valence-electron chi connectivity index (χ4n) is 3.13. The zero-order chi connectivity index (χ0) is 16.7. The highest BCUT2D eigenvalue weighted by Crippen LogP contribution is 2.34. The molecule has 1 atom stereocenters. The van der Waals surface area contributed by atoms with E-state index in [4.69, 9.17) is 4.74 Å². The molecule has 1 unspecified atom stereocenters. The molecule has 5 nitrogen and oxygen atoms in total. The monoisotopic (exact) mass is 320 g/mol. The van der Waals surface area contributed by atoms with Gasteiger partial charge in [0, 0.05) is 18.0 Å². The molecule has 0 radical (unpaired) electrons. The number of nitrogens with zero attached hydrogens (tertiary/aromatic N) is 3. The number of anilines is 1. The highest BCUT2D eigenvalue weighted by molar-refractivity contribution is 5.69. The highest BCUT2D eigenvalue weighted by atomic mass is 16.5. The number of nitrogens with one attached hydrogen (secondary N) is 1. The highest BCUT2D eigenvalue weighted by Gasteiger charge is 2.25. The Hall–Kier alpha value is -2.82. The SMILES string of the molecule is COc1cccc(-c2nnc3n2-c2cc(C)ccc2NCC3C)c1. The zero-order valence-electron chi connectivity index (χ0n) is 14.1. The maximum Gasteiger partial charge on any atom is 0.168 e. The molecule has 5 heteroatoms. The molecule has 2 aromatic carbocycles. The number of fused-ring (bicyclic) bond motifs is 3. The molecule has 3 aromatic rings. The number of methoxy groups -OCH3 is 1. The van der Waals surface area contributed by atoms with Crippen LogP contribution in [0.3, 0.4) is 0 Å². The molecule has 1 aliphatic heterocycles. The van der Waals surface area contributed by atoms with Crippen LogP contribution in [0.25, 0.3) is 17.1 Å². The van der Waals surface area contributed by atoms with E-state index in [9.17, 15) is 0 Å². The van der Waals surface area contributed by atoms with Crippen LogP contribution in [0.15, 0.2) is 42.5 Å². The van der Waals surface area contributed by atoms with Crippen LogP contribution in [-0.2, 0) is 0 Å². The van der Waals surface area contributed by atoms with E-state index in [1.165, 1.54) is 5.56 Å². The third-order valence-corrected chi connectivity index (χ3v) is 4.45. The van der Waals surface area contributed by atoms with Crippen molar-refractivity contribution in [1.29, 1.82) is 0 Å². The van der Waals surface area contributed by atoms with Gasteiger partial charge in [0.1, 0.15) is 11.6 Å². The lowest BCUT2D eigenvalue weighted by Gasteiger charge is -2.13. The first kappa shape index (κ1) is 14.8. The van der Waals surface area contributed by atoms with E-state index in [1.54, 1.807) is 7.11 Å². The predicted molar refractivity (Wildman–Crippen MR) is 95.0 cm³/mol. The van der Waals surface area contributed by atoms with Crippen LogP contribution in [0.1, 0.15) is 24.2 Å². The zero-order valence-corrected chi connectivity index (χ0v) is 14.1. The van der Waals surface area contributed by atoms with Crippen molar-refractivity contribution in [3.05, 3.63) is 53.9 Å². The van der Waals surface area contributed by atoms with Crippen LogP contribution in [0.5, 0.6) is 5.75 Å². The topological polar surface area (TPSA) is 52.0 Å². The Bertz CT molecular complexity index is 900. The first-order valence-electron chi connectivity index (χ1n) is 8.12. The molecule has 2 heterocycles. The number of benzene rings is 2. The lowest BCUT2D eigenvalue weighted by molar-refractivity contribution is 0.415. The van der Waals surface area contributed by atoms with Gasteiger partial charge in [0.25, 0.3) is 0 Å². The van der Waals surface area contributed by atoms with Gasteiger partial charge in [0.05, 0.1) is 18.5 Å². The Kier molecular flexibility index (Phi) is 3.49. The van der Waals surface area contributed by atoms with E-state index in [0.29, 0.717) is 0 Å². The second kappa shape index (κ2) is 5.67. The smallest absolute Gasteiger partial charge is 0.168 e. The Morgan fingerprint density at radius 1 is 1.17 bits per heavy atom. The van der Waals surface area contributed by atoms with Crippen molar-refractivity contribution in [2.24, 2.45) is 0 Å². The van der Waals surface area contributed by atoms with Gasteiger partial charge in [-0.1, -0.05) is 25.1 Å². The Balaban J connectivity index is 1.97. The number of aryl methyl sites for hydroxylation is 1. The molecular weight excluding hydrogens is 300 g/mol. The van der Waals surface area contributed by atoms with Gasteiger partial charge in [0.15, 0.2) is 5.82 Å². The van der Waals surface area contributed by atoms with Gasteiger partial charge in [-0.15, -0.1) is 10.2 Å². The van der Waals surface area contributed by atoms with E-state index in [-0.39, 0.29) is 5.92 Å². The lowest BCUT2D eigenvalue weighted by Crippen LogP contribution is -2.09. The van der Waals surface area contributed by atoms with Gasteiger partial charge in [-0.3, -0.25) is 4.57 Å². The van der Waals surface area contributed by atoms with Crippen LogP contribution in [0.2, 0.25) is 0 Å². The third kappa shape index (κ3) is 2.33. The second-order valence-electron chi connectivity index (χ2n) is 6.25. The molecule has 1 N–H and O–H groups in total. The maximum atomic E-state index is 5.36. The fourth-order valence-corrected chi connectivity index (χ4v) is 3.13. The fraction of sp³-hybridized carbons (Fsp3) is 0.263. The Labute approximate surface area is 141 Å². The van der Waals surface area contributed by atoms with Crippen molar-refractivity contribution in [3.63, 3.8) is 0 Å². The van der Waals surface area contributed by atoms with Crippen molar-refractivity contribution >= 4 is 5.69 Å². The summed E-state index contributed by atoms with van der Waals surface area (Å²) < 4.78 is 7.53. The minimum Gasteiger partial charge on any atom is -0.497 e. The molecule has 0 aliphatic carbocycles. The minimum absolute atomic E-state index is 0.268. The Morgan fingerprint density at radius 2 is 2.04 bits per heavy atom. The van der Waals surface area contributed by atoms with E-state index >= 15 is 0 Å². The molecule has 24 heavy (non-hydrogen) atoms. The second-order valence-corrected chi connectivity index (χ2v) is 6.25. The first-order chi connectivity index (χ1) is 11.7. The van der Waals surface area contributed by atoms with Gasteiger partial charge >= 0.3 is 0 Å². The van der Waals surface area contributed by atoms with E-state index in [1.807, 2.05) is 24.3 Å². The van der Waals surface area contributed by atoms with E-state index in [2.05, 4.69) is 52.1 Å². The average molecular weight is 320 g/mol. The summed E-state index contributed by atoms with van der Waals surface area (Å²) in [6.07, 6.45) is 0. The van der Waals surface area contributed by atoms with Crippen molar-refractivity contribution in [1.82, 2.24) is 14.8 Å². The van der Waals surface area contributed by atoms with Crippen LogP contribution in [-0.4, -0.2) is 28.4 Å². The minimum atomic E-state index is 0.268. The summed E-state index contributed by atoms with van der Waals surface area (Å²) in [5, 5.41) is 12.5. The number of hydrogen-bond donors (Lipinski definition) is 1. The largest absolute Gasteiger partial charge is 0.497 e. The van der Waals surface area contributed by atoms with Crippen LogP contribution >= 0.6 is 0 Å². The lowest BCUT2D eigenvalue weighted by atomic mass is 10.1. The third-order valence-electron chi connectivity index (χ3n) is 4.45. The summed E-state index contributed by atoms with van der Waals surface area (Å²) in [5.41, 5.74) is 4.41. The molecule has 0 saturated heterocycles. The predicted octanol–water partition coefficient (Wildman–Crippen LogP) is 3.78. The summed E-state index contributed by atoms with van der Waals surface area (Å²) in [6, 6.07) is 14.4. The average Bonchev–Trinajstić information content (AvgIpc) is 3.00. The summed E-state index contributed by atoms with van der Waals surface area (Å²) >= 11 is 0. The molecule has 0 bridgehead atoms. The number of aromatic nitrogens is 3. The quantitative estimate of drug-likeness (QED) is 0.781. The molecule has 0 amide bonds. The van der Waals surface area contributed by atoms with Gasteiger partial charge in [-0.25, -0.2) is 0 Å². The molecule has 0 spiro atoms. The molecule has 1 aliphatic rings. The van der Waals surface area contributed by atoms with E-state index < -0.39 is 0 Å². The molecule has 122 valence electrons. The standard InChI is InChI=1S/C19H20N4O/c1-12-7-8-16-17(9-12)23-18(13(2)11-20-16)21-22-19(23)14-5-4-6-15(10-14)24-3/h4-10,13,20H,11H2,1-3H3. The van der Waals surface area contributed by atoms with Crippen LogP contribution in [0.4, 0.5) is 5.69 Å². The molecule has 0 fully saturated rings. The van der Waals surface area contributed by atoms with Crippen molar-refractivity contribution < 1.29 is 4.74 Å². The van der Waals surface area contributed by atoms with Gasteiger partial charge in [-0.2, -0.15) is 0 Å². The number of ether oxygens (including phenoxy) is 1. The molecule has 0 saturated carbocycles. The molecule has 4 rings (SSSR count). The van der Waals surface area contributed by atoms with Crippen LogP contribution in [0, 0.1) is 6.92 Å². The van der Waals surface area contributed by atoms with Crippen molar-refractivity contribution in [3.8, 4) is 22.8 Å². The summed E-state index contributed by atoms with van der Waals surface area (Å²) in [7, 11) is 1.67. The number of hydrogen-bond acceptors (Lipinski definition) is 4. The van der Waals surface area contributed by atoms with Gasteiger partial charge in [0.2, 0.25) is 0 Å².